The van der Waals surface area contributed by atoms with Gasteiger partial charge in [0.25, 0.3) is 0 Å². The number of allylic oxidation sites excluding steroid dienone is 2. The third kappa shape index (κ3) is 4.46. The summed E-state index contributed by atoms with van der Waals surface area (Å²) in [7, 11) is 0. The SMILES string of the molecule is CCCc1ccc(-c2nc(NC(=O)CCN3C(=O)C4CC=CCC4C3=O)sc2C)cc1. The van der Waals surface area contributed by atoms with Gasteiger partial charge in [-0.3, -0.25) is 19.3 Å². The molecule has 1 aliphatic carbocycles. The zero-order chi connectivity index (χ0) is 22.0. The van der Waals surface area contributed by atoms with Crippen LogP contribution in [0.1, 0.15) is 43.0 Å². The zero-order valence-corrected chi connectivity index (χ0v) is 18.7. The molecule has 1 N–H and O–H groups in total. The quantitative estimate of drug-likeness (QED) is 0.516. The molecule has 2 atom stereocenters. The molecular formula is C24H27N3O3S. The van der Waals surface area contributed by atoms with E-state index in [9.17, 15) is 14.4 Å². The van der Waals surface area contributed by atoms with Gasteiger partial charge >= 0.3 is 0 Å². The maximum absolute atomic E-state index is 12.5. The summed E-state index contributed by atoms with van der Waals surface area (Å²) in [5.41, 5.74) is 3.19. The molecule has 1 aromatic carbocycles. The number of carbonyl (C=O) groups excluding carboxylic acids is 3. The van der Waals surface area contributed by atoms with Crippen molar-refractivity contribution in [2.24, 2.45) is 11.8 Å². The Balaban J connectivity index is 1.36. The third-order valence-corrected chi connectivity index (χ3v) is 6.86. The predicted octanol–water partition coefficient (Wildman–Crippen LogP) is 4.35. The molecule has 1 aliphatic heterocycles. The maximum atomic E-state index is 12.5. The lowest BCUT2D eigenvalue weighted by atomic mass is 9.85. The normalized spacial score (nSPS) is 20.3. The van der Waals surface area contributed by atoms with Gasteiger partial charge in [0.15, 0.2) is 5.13 Å². The number of imide groups is 1. The Hall–Kier alpha value is -2.80. The minimum absolute atomic E-state index is 0.0734. The van der Waals surface area contributed by atoms with Gasteiger partial charge in [0.2, 0.25) is 17.7 Å². The van der Waals surface area contributed by atoms with Crippen LogP contribution in [0.4, 0.5) is 5.13 Å². The summed E-state index contributed by atoms with van der Waals surface area (Å²) in [5.74, 6) is -1.05. The fraction of sp³-hybridized carbons (Fsp3) is 0.417. The van der Waals surface area contributed by atoms with Crippen molar-refractivity contribution < 1.29 is 14.4 Å². The van der Waals surface area contributed by atoms with E-state index in [1.807, 2.05) is 19.1 Å². The van der Waals surface area contributed by atoms with Gasteiger partial charge in [-0.05, 0) is 31.7 Å². The van der Waals surface area contributed by atoms with Crippen LogP contribution >= 0.6 is 11.3 Å². The number of amides is 3. The molecule has 1 fully saturated rings. The van der Waals surface area contributed by atoms with E-state index in [1.165, 1.54) is 21.8 Å². The molecule has 2 aliphatic rings. The number of hydrogen-bond acceptors (Lipinski definition) is 5. The molecule has 0 saturated carbocycles. The Kier molecular flexibility index (Phi) is 6.32. The fourth-order valence-electron chi connectivity index (χ4n) is 4.32. The Morgan fingerprint density at radius 1 is 1.13 bits per heavy atom. The first kappa shape index (κ1) is 21.4. The van der Waals surface area contributed by atoms with Crippen LogP contribution in [0.5, 0.6) is 0 Å². The van der Waals surface area contributed by atoms with Crippen LogP contribution in [0.25, 0.3) is 11.3 Å². The lowest BCUT2D eigenvalue weighted by Crippen LogP contribution is -2.34. The van der Waals surface area contributed by atoms with Crippen molar-refractivity contribution in [1.82, 2.24) is 9.88 Å². The van der Waals surface area contributed by atoms with Crippen LogP contribution in [0.2, 0.25) is 0 Å². The number of aryl methyl sites for hydroxylation is 2. The third-order valence-electron chi connectivity index (χ3n) is 5.97. The first-order valence-corrected chi connectivity index (χ1v) is 11.7. The second-order valence-electron chi connectivity index (χ2n) is 8.15. The van der Waals surface area contributed by atoms with Gasteiger partial charge in [0.1, 0.15) is 0 Å². The van der Waals surface area contributed by atoms with Gasteiger partial charge in [-0.1, -0.05) is 49.8 Å². The van der Waals surface area contributed by atoms with Gasteiger partial charge < -0.3 is 5.32 Å². The van der Waals surface area contributed by atoms with Gasteiger partial charge in [0.05, 0.1) is 17.5 Å². The molecular weight excluding hydrogens is 410 g/mol. The summed E-state index contributed by atoms with van der Waals surface area (Å²) < 4.78 is 0. The van der Waals surface area contributed by atoms with Crippen molar-refractivity contribution in [2.75, 3.05) is 11.9 Å². The standard InChI is InChI=1S/C24H27N3O3S/c1-3-6-16-9-11-17(12-10-16)21-15(2)31-24(26-21)25-20(28)13-14-27-22(29)18-7-4-5-8-19(18)23(27)30/h4-5,9-12,18-19H,3,6-8,13-14H2,1-2H3,(H,25,26,28). The molecule has 7 heteroatoms. The molecule has 0 radical (unpaired) electrons. The number of hydrogen-bond donors (Lipinski definition) is 1. The molecule has 162 valence electrons. The molecule has 2 heterocycles. The molecule has 4 rings (SSSR count). The van der Waals surface area contributed by atoms with Gasteiger partial charge in [0, 0.05) is 23.4 Å². The van der Waals surface area contributed by atoms with Crippen LogP contribution in [-0.4, -0.2) is 34.2 Å². The van der Waals surface area contributed by atoms with E-state index in [4.69, 9.17) is 0 Å². The highest BCUT2D eigenvalue weighted by molar-refractivity contribution is 7.16. The molecule has 2 unspecified atom stereocenters. The average Bonchev–Trinajstić information content (AvgIpc) is 3.24. The zero-order valence-electron chi connectivity index (χ0n) is 17.9. The summed E-state index contributed by atoms with van der Waals surface area (Å²) in [6.45, 7) is 4.26. The Labute approximate surface area is 186 Å². The Morgan fingerprint density at radius 3 is 2.39 bits per heavy atom. The van der Waals surface area contributed by atoms with Crippen molar-refractivity contribution in [3.63, 3.8) is 0 Å². The number of carbonyl (C=O) groups is 3. The van der Waals surface area contributed by atoms with Crippen molar-refractivity contribution in [2.45, 2.75) is 46.0 Å². The number of nitrogens with one attached hydrogen (secondary N) is 1. The van der Waals surface area contributed by atoms with E-state index >= 15 is 0 Å². The summed E-state index contributed by atoms with van der Waals surface area (Å²) in [6.07, 6.45) is 7.38. The van der Waals surface area contributed by atoms with Gasteiger partial charge in [-0.15, -0.1) is 11.3 Å². The summed E-state index contributed by atoms with van der Waals surface area (Å²) >= 11 is 1.43. The Bertz CT molecular complexity index is 999. The van der Waals surface area contributed by atoms with Crippen LogP contribution in [0.15, 0.2) is 36.4 Å². The Morgan fingerprint density at radius 2 is 1.77 bits per heavy atom. The molecule has 6 nitrogen and oxygen atoms in total. The van der Waals surface area contributed by atoms with Gasteiger partial charge in [-0.25, -0.2) is 4.98 Å². The number of aromatic nitrogens is 1. The minimum atomic E-state index is -0.256. The molecule has 2 aromatic rings. The van der Waals surface area contributed by atoms with Gasteiger partial charge in [-0.2, -0.15) is 0 Å². The number of likely N-dealkylation sites (tertiary alicyclic amines) is 1. The summed E-state index contributed by atoms with van der Waals surface area (Å²) in [5, 5.41) is 3.36. The van der Waals surface area contributed by atoms with Crippen LogP contribution < -0.4 is 5.32 Å². The van der Waals surface area contributed by atoms with Crippen molar-refractivity contribution in [3.8, 4) is 11.3 Å². The highest BCUT2D eigenvalue weighted by Crippen LogP contribution is 2.35. The number of benzene rings is 1. The first-order chi connectivity index (χ1) is 15.0. The van der Waals surface area contributed by atoms with E-state index < -0.39 is 0 Å². The fourth-order valence-corrected chi connectivity index (χ4v) is 5.17. The average molecular weight is 438 g/mol. The lowest BCUT2D eigenvalue weighted by Gasteiger charge is -2.14. The molecule has 1 saturated heterocycles. The molecule has 0 bridgehead atoms. The number of thiazole rings is 1. The minimum Gasteiger partial charge on any atom is -0.302 e. The monoisotopic (exact) mass is 437 g/mol. The number of rotatable bonds is 7. The van der Waals surface area contributed by atoms with E-state index in [0.717, 1.165) is 29.0 Å². The van der Waals surface area contributed by atoms with Crippen LogP contribution in [0, 0.1) is 18.8 Å². The second-order valence-corrected chi connectivity index (χ2v) is 9.36. The topological polar surface area (TPSA) is 79.4 Å². The van der Waals surface area contributed by atoms with Crippen molar-refractivity contribution in [1.29, 1.82) is 0 Å². The number of fused-ring (bicyclic) bond motifs is 1. The molecule has 0 spiro atoms. The molecule has 1 aromatic heterocycles. The van der Waals surface area contributed by atoms with Crippen LogP contribution in [-0.2, 0) is 20.8 Å². The highest BCUT2D eigenvalue weighted by Gasteiger charge is 2.46. The number of nitrogens with zero attached hydrogens (tertiary/aromatic N) is 2. The lowest BCUT2D eigenvalue weighted by molar-refractivity contribution is -0.140. The largest absolute Gasteiger partial charge is 0.302 e. The van der Waals surface area contributed by atoms with E-state index in [-0.39, 0.29) is 42.5 Å². The smallest absolute Gasteiger partial charge is 0.233 e. The summed E-state index contributed by atoms with van der Waals surface area (Å²) in [4.78, 5) is 44.4. The van der Waals surface area contributed by atoms with Crippen molar-refractivity contribution >= 4 is 34.2 Å². The van der Waals surface area contributed by atoms with Crippen molar-refractivity contribution in [3.05, 3.63) is 46.9 Å². The van der Waals surface area contributed by atoms with E-state index in [1.54, 1.807) is 0 Å². The van der Waals surface area contributed by atoms with E-state index in [0.29, 0.717) is 18.0 Å². The maximum Gasteiger partial charge on any atom is 0.233 e. The highest BCUT2D eigenvalue weighted by atomic mass is 32.1. The number of anilines is 1. The second kappa shape index (κ2) is 9.14. The molecule has 3 amide bonds. The van der Waals surface area contributed by atoms with Crippen LogP contribution in [0.3, 0.4) is 0 Å². The first-order valence-electron chi connectivity index (χ1n) is 10.8. The molecule has 31 heavy (non-hydrogen) atoms. The van der Waals surface area contributed by atoms with E-state index in [2.05, 4.69) is 41.5 Å². The predicted molar refractivity (Wildman–Crippen MR) is 122 cm³/mol. The summed E-state index contributed by atoms with van der Waals surface area (Å²) in [6, 6.07) is 8.37.